The minimum Gasteiger partial charge on any atom is -0.492 e. The smallest absolute Gasteiger partial charge is 0.324 e. The Labute approximate surface area is 230 Å². The fourth-order valence-electron chi connectivity index (χ4n) is 4.81. The second kappa shape index (κ2) is 11.7. The average molecular weight is 530 g/mol. The number of hydrazine groups is 1. The Bertz CT molecular complexity index is 1330. The van der Waals surface area contributed by atoms with E-state index in [4.69, 9.17) is 9.47 Å². The Morgan fingerprint density at radius 3 is 2.44 bits per heavy atom. The van der Waals surface area contributed by atoms with Gasteiger partial charge in [0.1, 0.15) is 18.2 Å². The Morgan fingerprint density at radius 2 is 1.72 bits per heavy atom. The molecule has 1 unspecified atom stereocenters. The number of hydrogen-bond donors (Lipinski definition) is 3. The van der Waals surface area contributed by atoms with Gasteiger partial charge in [-0.2, -0.15) is 0 Å². The van der Waals surface area contributed by atoms with Crippen molar-refractivity contribution in [3.05, 3.63) is 78.1 Å². The second-order valence-electron chi connectivity index (χ2n) is 11.2. The van der Waals surface area contributed by atoms with Crippen LogP contribution < -0.4 is 25.8 Å². The molecular formula is C31H39N5O3. The number of morpholine rings is 1. The Morgan fingerprint density at radius 1 is 1.00 bits per heavy atom. The van der Waals surface area contributed by atoms with Crippen molar-refractivity contribution in [2.75, 3.05) is 49.8 Å². The fourth-order valence-corrected chi connectivity index (χ4v) is 4.81. The van der Waals surface area contributed by atoms with Crippen molar-refractivity contribution < 1.29 is 14.3 Å². The van der Waals surface area contributed by atoms with Crippen LogP contribution in [0.25, 0.3) is 10.8 Å². The largest absolute Gasteiger partial charge is 0.492 e. The van der Waals surface area contributed by atoms with Crippen LogP contribution in [-0.4, -0.2) is 56.4 Å². The number of nitrogens with zero attached hydrogens (tertiary/aromatic N) is 2. The van der Waals surface area contributed by atoms with Gasteiger partial charge in [-0.1, -0.05) is 62.7 Å². The van der Waals surface area contributed by atoms with Crippen LogP contribution in [0.15, 0.2) is 72.6 Å². The molecule has 2 heterocycles. The summed E-state index contributed by atoms with van der Waals surface area (Å²) in [7, 11) is 0. The summed E-state index contributed by atoms with van der Waals surface area (Å²) in [5, 5.41) is 9.97. The second-order valence-corrected chi connectivity index (χ2v) is 11.2. The topological polar surface area (TPSA) is 78.1 Å². The lowest BCUT2D eigenvalue weighted by Crippen LogP contribution is -2.46. The van der Waals surface area contributed by atoms with Crippen LogP contribution in [0.4, 0.5) is 16.2 Å². The van der Waals surface area contributed by atoms with Crippen LogP contribution in [0.3, 0.4) is 0 Å². The van der Waals surface area contributed by atoms with Gasteiger partial charge in [0.15, 0.2) is 0 Å². The SMILES string of the molecule is Cc1ccc(N2NC(C(C)(C)C)C=C2NC(=O)Nc2ccc(OCCN3CCOCC3)c3ccccc23)cc1. The number of amides is 2. The fraction of sp³-hybridized carbons (Fsp3) is 0.387. The molecule has 0 radical (unpaired) electrons. The minimum atomic E-state index is -0.305. The summed E-state index contributed by atoms with van der Waals surface area (Å²) in [4.78, 5) is 15.6. The van der Waals surface area contributed by atoms with Gasteiger partial charge in [0.2, 0.25) is 0 Å². The summed E-state index contributed by atoms with van der Waals surface area (Å²) in [5.41, 5.74) is 6.38. The predicted octanol–water partition coefficient (Wildman–Crippen LogP) is 5.26. The highest BCUT2D eigenvalue weighted by Crippen LogP contribution is 2.32. The van der Waals surface area contributed by atoms with Gasteiger partial charge in [-0.05, 0) is 42.7 Å². The number of benzene rings is 3. The van der Waals surface area contributed by atoms with E-state index >= 15 is 0 Å². The van der Waals surface area contributed by atoms with E-state index in [1.54, 1.807) is 0 Å². The maximum absolute atomic E-state index is 13.3. The summed E-state index contributed by atoms with van der Waals surface area (Å²) >= 11 is 0. The lowest BCUT2D eigenvalue weighted by Gasteiger charge is -2.29. The monoisotopic (exact) mass is 529 g/mol. The maximum atomic E-state index is 13.3. The van der Waals surface area contributed by atoms with Gasteiger partial charge in [-0.15, -0.1) is 0 Å². The number of aryl methyl sites for hydroxylation is 1. The van der Waals surface area contributed by atoms with E-state index in [1.165, 1.54) is 5.56 Å². The van der Waals surface area contributed by atoms with Crippen LogP contribution in [-0.2, 0) is 4.74 Å². The third-order valence-electron chi connectivity index (χ3n) is 7.20. The van der Waals surface area contributed by atoms with Gasteiger partial charge in [0.25, 0.3) is 0 Å². The van der Waals surface area contributed by atoms with E-state index < -0.39 is 0 Å². The zero-order chi connectivity index (χ0) is 27.4. The van der Waals surface area contributed by atoms with Gasteiger partial charge in [-0.3, -0.25) is 15.2 Å². The van der Waals surface area contributed by atoms with Crippen LogP contribution in [0.1, 0.15) is 26.3 Å². The van der Waals surface area contributed by atoms with E-state index in [-0.39, 0.29) is 17.5 Å². The summed E-state index contributed by atoms with van der Waals surface area (Å²) in [6.07, 6.45) is 2.07. The molecule has 3 aromatic rings. The van der Waals surface area contributed by atoms with Crippen molar-refractivity contribution in [2.45, 2.75) is 33.7 Å². The molecule has 3 aromatic carbocycles. The zero-order valence-corrected chi connectivity index (χ0v) is 23.3. The number of urea groups is 1. The number of anilines is 2. The predicted molar refractivity (Wildman–Crippen MR) is 157 cm³/mol. The molecule has 1 fully saturated rings. The number of rotatable bonds is 7. The average Bonchev–Trinajstić information content (AvgIpc) is 3.35. The van der Waals surface area contributed by atoms with Crippen molar-refractivity contribution >= 4 is 28.2 Å². The molecule has 0 saturated carbocycles. The number of carbonyl (C=O) groups is 1. The summed E-state index contributed by atoms with van der Waals surface area (Å²) in [5.74, 6) is 1.51. The first-order valence-electron chi connectivity index (χ1n) is 13.7. The van der Waals surface area contributed by atoms with Crippen molar-refractivity contribution in [3.63, 3.8) is 0 Å². The highest BCUT2D eigenvalue weighted by Gasteiger charge is 2.33. The molecule has 0 aromatic heterocycles. The first kappa shape index (κ1) is 27.0. The van der Waals surface area contributed by atoms with Crippen LogP contribution in [0.2, 0.25) is 0 Å². The highest BCUT2D eigenvalue weighted by atomic mass is 16.5. The van der Waals surface area contributed by atoms with Crippen LogP contribution >= 0.6 is 0 Å². The summed E-state index contributed by atoms with van der Waals surface area (Å²) in [6, 6.07) is 19.8. The van der Waals surface area contributed by atoms with Gasteiger partial charge < -0.3 is 14.8 Å². The normalized spacial score (nSPS) is 18.2. The van der Waals surface area contributed by atoms with Gasteiger partial charge in [-0.25, -0.2) is 10.2 Å². The van der Waals surface area contributed by atoms with Crippen molar-refractivity contribution in [1.29, 1.82) is 0 Å². The van der Waals surface area contributed by atoms with E-state index in [9.17, 15) is 4.79 Å². The molecule has 206 valence electrons. The first-order valence-corrected chi connectivity index (χ1v) is 13.7. The number of nitrogens with one attached hydrogen (secondary N) is 3. The van der Waals surface area contributed by atoms with Crippen LogP contribution in [0, 0.1) is 12.3 Å². The van der Waals surface area contributed by atoms with Crippen molar-refractivity contribution in [3.8, 4) is 5.75 Å². The molecule has 39 heavy (non-hydrogen) atoms. The summed E-state index contributed by atoms with van der Waals surface area (Å²) in [6.45, 7) is 13.5. The van der Waals surface area contributed by atoms with E-state index in [0.717, 1.165) is 60.7 Å². The molecular weight excluding hydrogens is 490 g/mol. The molecule has 2 amide bonds. The maximum Gasteiger partial charge on any atom is 0.324 e. The molecule has 8 nitrogen and oxygen atoms in total. The molecule has 0 aliphatic carbocycles. The first-order chi connectivity index (χ1) is 18.8. The molecule has 1 atom stereocenters. The Balaban J connectivity index is 1.30. The zero-order valence-electron chi connectivity index (χ0n) is 23.3. The van der Waals surface area contributed by atoms with E-state index in [1.807, 2.05) is 53.5 Å². The molecule has 0 spiro atoms. The molecule has 8 heteroatoms. The van der Waals surface area contributed by atoms with E-state index in [2.05, 4.69) is 66.9 Å². The van der Waals surface area contributed by atoms with Gasteiger partial charge in [0, 0.05) is 30.4 Å². The van der Waals surface area contributed by atoms with E-state index in [0.29, 0.717) is 12.4 Å². The quantitative estimate of drug-likeness (QED) is 0.388. The Hall–Kier alpha value is -3.59. The third-order valence-corrected chi connectivity index (χ3v) is 7.20. The number of ether oxygens (including phenoxy) is 2. The molecule has 1 saturated heterocycles. The molecule has 3 N–H and O–H groups in total. The number of fused-ring (bicyclic) bond motifs is 1. The van der Waals surface area contributed by atoms with Crippen molar-refractivity contribution in [1.82, 2.24) is 15.6 Å². The highest BCUT2D eigenvalue weighted by molar-refractivity contribution is 6.04. The number of carbonyl (C=O) groups excluding carboxylic acids is 1. The van der Waals surface area contributed by atoms with Crippen molar-refractivity contribution in [2.24, 2.45) is 5.41 Å². The molecule has 5 rings (SSSR count). The summed E-state index contributed by atoms with van der Waals surface area (Å²) < 4.78 is 11.6. The lowest BCUT2D eigenvalue weighted by molar-refractivity contribution is 0.0323. The Kier molecular flexibility index (Phi) is 8.07. The van der Waals surface area contributed by atoms with Crippen LogP contribution in [0.5, 0.6) is 5.75 Å². The molecule has 0 bridgehead atoms. The standard InChI is InChI=1S/C31H39N5O3/c1-22-9-11-23(12-10-22)36-29(21-28(34-36)31(2,3)4)33-30(37)32-26-13-14-27(25-8-6-5-7-24(25)26)39-20-17-35-15-18-38-19-16-35/h5-14,21,28,34H,15-20H2,1-4H3,(H2,32,33,37). The molecule has 2 aliphatic heterocycles. The molecule has 2 aliphatic rings. The minimum absolute atomic E-state index is 0.0311. The van der Waals surface area contributed by atoms with Gasteiger partial charge >= 0.3 is 6.03 Å². The lowest BCUT2D eigenvalue weighted by atomic mass is 9.87. The third kappa shape index (κ3) is 6.53. The number of hydrogen-bond acceptors (Lipinski definition) is 6. The van der Waals surface area contributed by atoms with Gasteiger partial charge in [0.05, 0.1) is 30.6 Å².